The van der Waals surface area contributed by atoms with Gasteiger partial charge in [0.25, 0.3) is 0 Å². The number of ether oxygens (including phenoxy) is 1. The van der Waals surface area contributed by atoms with Crippen LogP contribution in [0.15, 0.2) is 24.3 Å². The molecule has 1 aliphatic carbocycles. The molecule has 0 unspecified atom stereocenters. The number of benzene rings is 1. The number of nitrogens with one attached hydrogen (secondary N) is 1. The highest BCUT2D eigenvalue weighted by molar-refractivity contribution is 5.78. The number of carbonyl (C=O) groups excluding carboxylic acids is 1. The van der Waals surface area contributed by atoms with Crippen LogP contribution in [0.1, 0.15) is 31.2 Å². The monoisotopic (exact) mass is 263 g/mol. The summed E-state index contributed by atoms with van der Waals surface area (Å²) in [6.45, 7) is 0. The number of amides is 1. The average Bonchev–Trinajstić information content (AvgIpc) is 2.42. The summed E-state index contributed by atoms with van der Waals surface area (Å²) in [7, 11) is 1.62. The summed E-state index contributed by atoms with van der Waals surface area (Å²) in [6.07, 6.45) is 3.52. The van der Waals surface area contributed by atoms with E-state index in [1.54, 1.807) is 7.11 Å². The van der Waals surface area contributed by atoms with Gasteiger partial charge in [-0.05, 0) is 43.4 Å². The van der Waals surface area contributed by atoms with Crippen LogP contribution in [0, 0.1) is 0 Å². The van der Waals surface area contributed by atoms with E-state index in [1.807, 2.05) is 24.3 Å². The summed E-state index contributed by atoms with van der Waals surface area (Å²) in [5.74, 6) is 0.844. The van der Waals surface area contributed by atoms with E-state index >= 15 is 0 Å². The van der Waals surface area contributed by atoms with Crippen molar-refractivity contribution in [2.45, 2.75) is 44.2 Å². The second-order valence-corrected chi connectivity index (χ2v) is 5.10. The van der Waals surface area contributed by atoms with Gasteiger partial charge in [0, 0.05) is 6.04 Å². The molecule has 1 aliphatic rings. The largest absolute Gasteiger partial charge is 0.497 e. The zero-order valence-electron chi connectivity index (χ0n) is 11.3. The third-order valence-corrected chi connectivity index (χ3v) is 3.59. The predicted octanol–water partition coefficient (Wildman–Crippen LogP) is 1.66. The Bertz CT molecular complexity index is 408. The fourth-order valence-electron chi connectivity index (χ4n) is 2.43. The number of carbonyl (C=O) groups is 1. The van der Waals surface area contributed by atoms with Crippen LogP contribution in [-0.2, 0) is 11.2 Å². The van der Waals surface area contributed by atoms with Crippen LogP contribution in [-0.4, -0.2) is 30.3 Å². The van der Waals surface area contributed by atoms with Crippen LogP contribution in [0.4, 0.5) is 0 Å². The lowest BCUT2D eigenvalue weighted by atomic mass is 9.93. The Morgan fingerprint density at radius 3 is 2.47 bits per heavy atom. The van der Waals surface area contributed by atoms with E-state index in [0.29, 0.717) is 6.42 Å². The molecular weight excluding hydrogens is 242 g/mol. The highest BCUT2D eigenvalue weighted by Crippen LogP contribution is 2.18. The maximum Gasteiger partial charge on any atom is 0.224 e. The quantitative estimate of drug-likeness (QED) is 0.868. The van der Waals surface area contributed by atoms with Crippen LogP contribution in [0.5, 0.6) is 5.75 Å². The minimum absolute atomic E-state index is 0.0477. The number of hydrogen-bond donors (Lipinski definition) is 2. The van der Waals surface area contributed by atoms with Gasteiger partial charge in [-0.3, -0.25) is 4.79 Å². The summed E-state index contributed by atoms with van der Waals surface area (Å²) >= 11 is 0. The van der Waals surface area contributed by atoms with Gasteiger partial charge in [-0.15, -0.1) is 0 Å². The third kappa shape index (κ3) is 4.24. The third-order valence-electron chi connectivity index (χ3n) is 3.59. The van der Waals surface area contributed by atoms with Crippen LogP contribution >= 0.6 is 0 Å². The van der Waals surface area contributed by atoms with E-state index in [1.165, 1.54) is 0 Å². The smallest absolute Gasteiger partial charge is 0.224 e. The van der Waals surface area contributed by atoms with Crippen molar-refractivity contribution in [3.8, 4) is 5.75 Å². The van der Waals surface area contributed by atoms with Crippen molar-refractivity contribution in [1.29, 1.82) is 0 Å². The lowest BCUT2D eigenvalue weighted by molar-refractivity contribution is -0.121. The zero-order chi connectivity index (χ0) is 13.7. The molecule has 2 rings (SSSR count). The van der Waals surface area contributed by atoms with E-state index in [4.69, 9.17) is 4.74 Å². The lowest BCUT2D eigenvalue weighted by Crippen LogP contribution is -2.39. The van der Waals surface area contributed by atoms with Gasteiger partial charge >= 0.3 is 0 Å². The SMILES string of the molecule is COc1ccc(CC(=O)NC2CCC(O)CC2)cc1. The summed E-state index contributed by atoms with van der Waals surface area (Å²) in [6, 6.07) is 7.75. The Labute approximate surface area is 113 Å². The van der Waals surface area contributed by atoms with Crippen LogP contribution in [0.25, 0.3) is 0 Å². The van der Waals surface area contributed by atoms with Crippen molar-refractivity contribution in [2.75, 3.05) is 7.11 Å². The van der Waals surface area contributed by atoms with Gasteiger partial charge in [0.05, 0.1) is 19.6 Å². The molecule has 2 N–H and O–H groups in total. The first-order chi connectivity index (χ1) is 9.17. The van der Waals surface area contributed by atoms with Crippen molar-refractivity contribution in [1.82, 2.24) is 5.32 Å². The van der Waals surface area contributed by atoms with Gasteiger partial charge in [-0.25, -0.2) is 0 Å². The van der Waals surface area contributed by atoms with Crippen molar-refractivity contribution < 1.29 is 14.6 Å². The van der Waals surface area contributed by atoms with Crippen molar-refractivity contribution in [3.05, 3.63) is 29.8 Å². The molecule has 1 fully saturated rings. The Hall–Kier alpha value is -1.55. The lowest BCUT2D eigenvalue weighted by Gasteiger charge is -2.26. The van der Waals surface area contributed by atoms with E-state index in [-0.39, 0.29) is 18.1 Å². The normalized spacial score (nSPS) is 22.8. The highest BCUT2D eigenvalue weighted by atomic mass is 16.5. The highest BCUT2D eigenvalue weighted by Gasteiger charge is 2.20. The van der Waals surface area contributed by atoms with Gasteiger partial charge in [-0.1, -0.05) is 12.1 Å². The molecule has 0 atom stereocenters. The molecule has 0 saturated heterocycles. The minimum atomic E-state index is -0.185. The molecule has 19 heavy (non-hydrogen) atoms. The van der Waals surface area contributed by atoms with E-state index in [2.05, 4.69) is 5.32 Å². The molecule has 4 nitrogen and oxygen atoms in total. The van der Waals surface area contributed by atoms with Crippen molar-refractivity contribution in [2.24, 2.45) is 0 Å². The maximum atomic E-state index is 11.9. The van der Waals surface area contributed by atoms with E-state index in [0.717, 1.165) is 37.0 Å². The Balaban J connectivity index is 1.80. The van der Waals surface area contributed by atoms with Gasteiger partial charge in [0.2, 0.25) is 5.91 Å². The molecule has 4 heteroatoms. The number of methoxy groups -OCH3 is 1. The summed E-state index contributed by atoms with van der Waals surface area (Å²) in [5, 5.41) is 12.5. The molecule has 1 aromatic carbocycles. The van der Waals surface area contributed by atoms with Gasteiger partial charge < -0.3 is 15.2 Å². The van der Waals surface area contributed by atoms with Crippen LogP contribution in [0.2, 0.25) is 0 Å². The van der Waals surface area contributed by atoms with Crippen molar-refractivity contribution >= 4 is 5.91 Å². The molecule has 1 saturated carbocycles. The zero-order valence-corrected chi connectivity index (χ0v) is 11.3. The average molecular weight is 263 g/mol. The number of rotatable bonds is 4. The molecule has 0 radical (unpaired) electrons. The number of aliphatic hydroxyl groups is 1. The molecule has 1 aromatic rings. The first kappa shape index (κ1) is 13.9. The fraction of sp³-hybridized carbons (Fsp3) is 0.533. The summed E-state index contributed by atoms with van der Waals surface area (Å²) in [4.78, 5) is 11.9. The Morgan fingerprint density at radius 1 is 1.26 bits per heavy atom. The minimum Gasteiger partial charge on any atom is -0.497 e. The van der Waals surface area contributed by atoms with Crippen LogP contribution < -0.4 is 10.1 Å². The summed E-state index contributed by atoms with van der Waals surface area (Å²) < 4.78 is 5.08. The molecule has 0 aliphatic heterocycles. The molecule has 0 aromatic heterocycles. The van der Waals surface area contributed by atoms with E-state index < -0.39 is 0 Å². The molecule has 0 bridgehead atoms. The van der Waals surface area contributed by atoms with E-state index in [9.17, 15) is 9.90 Å². The summed E-state index contributed by atoms with van der Waals surface area (Å²) in [5.41, 5.74) is 0.981. The topological polar surface area (TPSA) is 58.6 Å². The Morgan fingerprint density at radius 2 is 1.89 bits per heavy atom. The maximum absolute atomic E-state index is 11.9. The van der Waals surface area contributed by atoms with Crippen molar-refractivity contribution in [3.63, 3.8) is 0 Å². The van der Waals surface area contributed by atoms with Crippen LogP contribution in [0.3, 0.4) is 0 Å². The predicted molar refractivity (Wildman–Crippen MR) is 73.1 cm³/mol. The molecule has 104 valence electrons. The molecule has 1 amide bonds. The Kier molecular flexibility index (Phi) is 4.80. The second kappa shape index (κ2) is 6.57. The van der Waals surface area contributed by atoms with Gasteiger partial charge in [0.1, 0.15) is 5.75 Å². The fourth-order valence-corrected chi connectivity index (χ4v) is 2.43. The standard InChI is InChI=1S/C15H21NO3/c1-19-14-8-2-11(3-9-14)10-15(18)16-12-4-6-13(17)7-5-12/h2-3,8-9,12-13,17H,4-7,10H2,1H3,(H,16,18). The second-order valence-electron chi connectivity index (χ2n) is 5.10. The first-order valence-corrected chi connectivity index (χ1v) is 6.77. The van der Waals surface area contributed by atoms with Gasteiger partial charge in [0.15, 0.2) is 0 Å². The van der Waals surface area contributed by atoms with Gasteiger partial charge in [-0.2, -0.15) is 0 Å². The molecular formula is C15H21NO3. The molecule has 0 spiro atoms. The number of hydrogen-bond acceptors (Lipinski definition) is 3. The number of aliphatic hydroxyl groups excluding tert-OH is 1. The first-order valence-electron chi connectivity index (χ1n) is 6.77. The molecule has 0 heterocycles.